The van der Waals surface area contributed by atoms with E-state index in [1.54, 1.807) is 13.2 Å². The number of methoxy groups -OCH3 is 1. The van der Waals surface area contributed by atoms with Gasteiger partial charge in [-0.25, -0.2) is 0 Å². The van der Waals surface area contributed by atoms with E-state index < -0.39 is 0 Å². The summed E-state index contributed by atoms with van der Waals surface area (Å²) < 4.78 is 6.23. The molecule has 0 aliphatic heterocycles. The molecule has 4 heteroatoms. The molecule has 0 fully saturated rings. The molecule has 0 radical (unpaired) electrons. The number of alkyl halides is 1. The smallest absolute Gasteiger partial charge is 0.0787 e. The molecule has 0 aromatic rings. The Kier molecular flexibility index (Phi) is 7.49. The van der Waals surface area contributed by atoms with Gasteiger partial charge in [-0.2, -0.15) is 0 Å². The number of rotatable bonds is 6. The number of hydrogen-bond donors (Lipinski definition) is 0. The highest BCUT2D eigenvalue weighted by atomic mass is 127. The summed E-state index contributed by atoms with van der Waals surface area (Å²) in [5.74, 6) is 0. The highest BCUT2D eigenvalue weighted by Gasteiger charge is 2.16. The van der Waals surface area contributed by atoms with Crippen LogP contribution in [0.1, 0.15) is 13.3 Å². The van der Waals surface area contributed by atoms with E-state index in [1.165, 1.54) is 0 Å². The summed E-state index contributed by atoms with van der Waals surface area (Å²) in [5.41, 5.74) is 0.875. The van der Waals surface area contributed by atoms with Crippen LogP contribution in [-0.2, 0) is 4.74 Å². The molecule has 2 atom stereocenters. The third-order valence-electron chi connectivity index (χ3n) is 1.86. The third kappa shape index (κ3) is 4.57. The second-order valence-corrected chi connectivity index (χ2v) is 4.66. The van der Waals surface area contributed by atoms with Gasteiger partial charge in [0.15, 0.2) is 0 Å². The quantitative estimate of drug-likeness (QED) is 0.316. The zero-order valence-corrected chi connectivity index (χ0v) is 11.4. The summed E-state index contributed by atoms with van der Waals surface area (Å²) in [4.78, 5) is 3.94. The molecule has 0 N–H and O–H groups in total. The van der Waals surface area contributed by atoms with Crippen molar-refractivity contribution < 1.29 is 4.74 Å². The van der Waals surface area contributed by atoms with Crippen LogP contribution in [0.25, 0.3) is 0 Å². The van der Waals surface area contributed by atoms with Crippen LogP contribution in [0.3, 0.4) is 0 Å². The summed E-state index contributed by atoms with van der Waals surface area (Å²) in [5, 5.41) is -0.0502. The van der Waals surface area contributed by atoms with Crippen molar-refractivity contribution >= 4 is 40.9 Å². The Bertz CT molecular complexity index is 238. The maximum atomic E-state index is 5.95. The van der Waals surface area contributed by atoms with Gasteiger partial charge >= 0.3 is 0 Å². The van der Waals surface area contributed by atoms with Gasteiger partial charge in [0.05, 0.1) is 17.2 Å². The first-order valence-electron chi connectivity index (χ1n) is 4.21. The van der Waals surface area contributed by atoms with Gasteiger partial charge in [0.2, 0.25) is 0 Å². The molecule has 0 heterocycles. The number of ether oxygens (including phenoxy) is 1. The lowest BCUT2D eigenvalue weighted by Gasteiger charge is -2.17. The first-order valence-corrected chi connectivity index (χ1v) is 5.73. The molecule has 0 amide bonds. The minimum atomic E-state index is -0.0502. The van der Waals surface area contributed by atoms with Gasteiger partial charge in [0, 0.05) is 17.1 Å². The van der Waals surface area contributed by atoms with Crippen molar-refractivity contribution in [3.05, 3.63) is 21.9 Å². The second-order valence-electron chi connectivity index (χ2n) is 2.81. The molecule has 0 spiro atoms. The summed E-state index contributed by atoms with van der Waals surface area (Å²) >= 11 is 8.12. The second kappa shape index (κ2) is 7.43. The van der Waals surface area contributed by atoms with Gasteiger partial charge in [-0.3, -0.25) is 4.99 Å². The fraction of sp³-hybridized carbons (Fsp3) is 0.500. The lowest BCUT2D eigenvalue weighted by Crippen LogP contribution is -2.21. The molecular formula is C10H15ClINO. The predicted octanol–water partition coefficient (Wildman–Crippen LogP) is 3.55. The fourth-order valence-corrected chi connectivity index (χ4v) is 1.56. The Balaban J connectivity index is 4.60. The number of allylic oxidation sites excluding steroid dienone is 2. The van der Waals surface area contributed by atoms with E-state index in [2.05, 4.69) is 40.9 Å². The van der Waals surface area contributed by atoms with Crippen LogP contribution in [0.4, 0.5) is 0 Å². The molecule has 0 aromatic carbocycles. The van der Waals surface area contributed by atoms with E-state index in [9.17, 15) is 0 Å². The molecule has 14 heavy (non-hydrogen) atoms. The van der Waals surface area contributed by atoms with Gasteiger partial charge in [-0.15, -0.1) is 11.6 Å². The molecule has 1 unspecified atom stereocenters. The van der Waals surface area contributed by atoms with E-state index in [-0.39, 0.29) is 11.5 Å². The number of halogens is 2. The molecule has 0 saturated carbocycles. The highest BCUT2D eigenvalue weighted by molar-refractivity contribution is 14.1. The maximum Gasteiger partial charge on any atom is 0.0787 e. The van der Waals surface area contributed by atoms with Crippen molar-refractivity contribution in [2.24, 2.45) is 4.99 Å². The van der Waals surface area contributed by atoms with Crippen molar-refractivity contribution in [1.82, 2.24) is 0 Å². The SMILES string of the molecule is C=C/C(I)=C(\C[C@@H](OC)C(C)Cl)N=C. The molecule has 0 aromatic heterocycles. The van der Waals surface area contributed by atoms with Crippen molar-refractivity contribution in [3.8, 4) is 0 Å². The Hall–Kier alpha value is 0.130. The maximum absolute atomic E-state index is 5.95. The Morgan fingerprint density at radius 3 is 2.57 bits per heavy atom. The van der Waals surface area contributed by atoms with Crippen LogP contribution in [-0.4, -0.2) is 25.3 Å². The zero-order chi connectivity index (χ0) is 11.1. The van der Waals surface area contributed by atoms with Crippen LogP contribution in [0.15, 0.2) is 26.9 Å². The van der Waals surface area contributed by atoms with Crippen molar-refractivity contribution in [2.45, 2.75) is 24.8 Å². The van der Waals surface area contributed by atoms with E-state index in [0.29, 0.717) is 6.42 Å². The lowest BCUT2D eigenvalue weighted by molar-refractivity contribution is 0.102. The predicted molar refractivity (Wildman–Crippen MR) is 71.5 cm³/mol. The average molecular weight is 328 g/mol. The standard InChI is InChI=1S/C10H15ClINO/c1-5-8(12)9(13-3)6-10(14-4)7(2)11/h5,7,10H,1,3,6H2,2,4H3/b9-8-/t7?,10-/m1/s1. The van der Waals surface area contributed by atoms with Gasteiger partial charge in [0.1, 0.15) is 0 Å². The monoisotopic (exact) mass is 327 g/mol. The van der Waals surface area contributed by atoms with Gasteiger partial charge < -0.3 is 4.74 Å². The molecule has 0 aliphatic carbocycles. The van der Waals surface area contributed by atoms with Crippen LogP contribution >= 0.6 is 34.2 Å². The molecule has 2 nitrogen and oxygen atoms in total. The Morgan fingerprint density at radius 2 is 2.29 bits per heavy atom. The van der Waals surface area contributed by atoms with Crippen LogP contribution in [0.2, 0.25) is 0 Å². The van der Waals surface area contributed by atoms with Crippen LogP contribution in [0, 0.1) is 0 Å². The summed E-state index contributed by atoms with van der Waals surface area (Å²) in [6.07, 6.45) is 2.37. The molecule has 0 saturated heterocycles. The topological polar surface area (TPSA) is 21.6 Å². The molecule has 80 valence electrons. The first kappa shape index (κ1) is 14.1. The van der Waals surface area contributed by atoms with E-state index >= 15 is 0 Å². The van der Waals surface area contributed by atoms with Crippen LogP contribution < -0.4 is 0 Å². The molecule has 0 aliphatic rings. The molecule has 0 bridgehead atoms. The van der Waals surface area contributed by atoms with E-state index in [4.69, 9.17) is 16.3 Å². The molecular weight excluding hydrogens is 312 g/mol. The number of nitrogens with zero attached hydrogens (tertiary/aromatic N) is 1. The minimum Gasteiger partial charge on any atom is -0.380 e. The Morgan fingerprint density at radius 1 is 1.71 bits per heavy atom. The zero-order valence-electron chi connectivity index (χ0n) is 8.46. The summed E-state index contributed by atoms with van der Waals surface area (Å²) in [6, 6.07) is 0. The fourth-order valence-electron chi connectivity index (χ4n) is 0.979. The summed E-state index contributed by atoms with van der Waals surface area (Å²) in [7, 11) is 1.64. The number of hydrogen-bond acceptors (Lipinski definition) is 2. The van der Waals surface area contributed by atoms with Gasteiger partial charge in [-0.05, 0) is 36.2 Å². The van der Waals surface area contributed by atoms with Crippen molar-refractivity contribution in [2.75, 3.05) is 7.11 Å². The van der Waals surface area contributed by atoms with E-state index in [1.807, 2.05) is 6.92 Å². The Labute approximate surface area is 104 Å². The first-order chi connectivity index (χ1) is 6.56. The van der Waals surface area contributed by atoms with Crippen molar-refractivity contribution in [3.63, 3.8) is 0 Å². The van der Waals surface area contributed by atoms with Crippen LogP contribution in [0.5, 0.6) is 0 Å². The largest absolute Gasteiger partial charge is 0.380 e. The number of aliphatic imine (C=N–C) groups is 1. The average Bonchev–Trinajstić information content (AvgIpc) is 2.18. The highest BCUT2D eigenvalue weighted by Crippen LogP contribution is 2.22. The lowest BCUT2D eigenvalue weighted by atomic mass is 10.1. The summed E-state index contributed by atoms with van der Waals surface area (Å²) in [6.45, 7) is 9.10. The minimum absolute atomic E-state index is 0.0399. The normalized spacial score (nSPS) is 16.9. The van der Waals surface area contributed by atoms with Crippen molar-refractivity contribution in [1.29, 1.82) is 0 Å². The molecule has 0 rings (SSSR count). The van der Waals surface area contributed by atoms with E-state index in [0.717, 1.165) is 9.28 Å². The van der Waals surface area contributed by atoms with Gasteiger partial charge in [-0.1, -0.05) is 12.7 Å². The third-order valence-corrected chi connectivity index (χ3v) is 3.20. The van der Waals surface area contributed by atoms with Gasteiger partial charge in [0.25, 0.3) is 0 Å².